The van der Waals surface area contributed by atoms with E-state index in [-0.39, 0.29) is 0 Å². The zero-order valence-electron chi connectivity index (χ0n) is 13.4. The van der Waals surface area contributed by atoms with Gasteiger partial charge in [0.05, 0.1) is 20.3 Å². The SMILES string of the molecule is COc1ccc(CCC(O)c2ccccc2OCO)c(OC)c1. The van der Waals surface area contributed by atoms with Crippen molar-refractivity contribution in [3.63, 3.8) is 0 Å². The Hall–Kier alpha value is -2.24. The van der Waals surface area contributed by atoms with Crippen molar-refractivity contribution < 1.29 is 24.4 Å². The lowest BCUT2D eigenvalue weighted by molar-refractivity contribution is 0.0915. The number of ether oxygens (including phenoxy) is 3. The first-order chi connectivity index (χ1) is 11.2. The van der Waals surface area contributed by atoms with Crippen LogP contribution in [0.4, 0.5) is 0 Å². The van der Waals surface area contributed by atoms with E-state index in [1.54, 1.807) is 32.4 Å². The molecule has 0 aliphatic heterocycles. The highest BCUT2D eigenvalue weighted by atomic mass is 16.6. The van der Waals surface area contributed by atoms with Gasteiger partial charge < -0.3 is 24.4 Å². The molecule has 0 bridgehead atoms. The van der Waals surface area contributed by atoms with E-state index in [4.69, 9.17) is 19.3 Å². The molecule has 0 aliphatic carbocycles. The number of hydrogen-bond donors (Lipinski definition) is 2. The van der Waals surface area contributed by atoms with Crippen LogP contribution in [0.3, 0.4) is 0 Å². The van der Waals surface area contributed by atoms with Gasteiger partial charge in [0.25, 0.3) is 0 Å². The fourth-order valence-electron chi connectivity index (χ4n) is 2.46. The predicted octanol–water partition coefficient (Wildman–Crippen LogP) is 2.70. The van der Waals surface area contributed by atoms with Crippen molar-refractivity contribution >= 4 is 0 Å². The van der Waals surface area contributed by atoms with Crippen molar-refractivity contribution in [3.8, 4) is 17.2 Å². The van der Waals surface area contributed by atoms with E-state index in [0.717, 1.165) is 17.1 Å². The predicted molar refractivity (Wildman–Crippen MR) is 87.0 cm³/mol. The number of benzene rings is 2. The molecule has 1 atom stereocenters. The lowest BCUT2D eigenvalue weighted by Gasteiger charge is -2.16. The van der Waals surface area contributed by atoms with Crippen LogP contribution in [0.25, 0.3) is 0 Å². The second-order valence-corrected chi connectivity index (χ2v) is 5.04. The summed E-state index contributed by atoms with van der Waals surface area (Å²) in [5.41, 5.74) is 1.65. The highest BCUT2D eigenvalue weighted by Crippen LogP contribution is 2.31. The van der Waals surface area contributed by atoms with E-state index in [0.29, 0.717) is 24.2 Å². The lowest BCUT2D eigenvalue weighted by atomic mass is 10.00. The van der Waals surface area contributed by atoms with E-state index < -0.39 is 12.9 Å². The first-order valence-corrected chi connectivity index (χ1v) is 7.41. The number of rotatable bonds is 8. The van der Waals surface area contributed by atoms with Crippen molar-refractivity contribution in [2.24, 2.45) is 0 Å². The average Bonchev–Trinajstić information content (AvgIpc) is 2.60. The topological polar surface area (TPSA) is 68.2 Å². The molecule has 2 rings (SSSR count). The van der Waals surface area contributed by atoms with Crippen molar-refractivity contribution in [2.75, 3.05) is 21.0 Å². The van der Waals surface area contributed by atoms with E-state index in [1.165, 1.54) is 0 Å². The highest BCUT2D eigenvalue weighted by Gasteiger charge is 2.14. The van der Waals surface area contributed by atoms with Crippen molar-refractivity contribution in [2.45, 2.75) is 18.9 Å². The number of hydrogen-bond acceptors (Lipinski definition) is 5. The zero-order valence-corrected chi connectivity index (χ0v) is 13.4. The molecule has 0 fully saturated rings. The maximum atomic E-state index is 10.4. The van der Waals surface area contributed by atoms with Gasteiger partial charge in [0.1, 0.15) is 17.2 Å². The fraction of sp³-hybridized carbons (Fsp3) is 0.333. The van der Waals surface area contributed by atoms with Gasteiger partial charge in [0.15, 0.2) is 6.79 Å². The summed E-state index contributed by atoms with van der Waals surface area (Å²) in [7, 11) is 3.22. The maximum Gasteiger partial charge on any atom is 0.186 e. The van der Waals surface area contributed by atoms with Crippen LogP contribution in [0.5, 0.6) is 17.2 Å². The van der Waals surface area contributed by atoms with Crippen LogP contribution in [0.15, 0.2) is 42.5 Å². The van der Waals surface area contributed by atoms with Gasteiger partial charge in [-0.2, -0.15) is 0 Å². The molecule has 2 aromatic rings. The normalized spacial score (nSPS) is 11.8. The average molecular weight is 318 g/mol. The van der Waals surface area contributed by atoms with Crippen LogP contribution in [-0.4, -0.2) is 31.2 Å². The smallest absolute Gasteiger partial charge is 0.186 e. The molecular weight excluding hydrogens is 296 g/mol. The Labute approximate surface area is 136 Å². The molecule has 0 aromatic heterocycles. The Morgan fingerprint density at radius 3 is 2.48 bits per heavy atom. The van der Waals surface area contributed by atoms with Crippen LogP contribution >= 0.6 is 0 Å². The van der Waals surface area contributed by atoms with E-state index in [1.807, 2.05) is 24.3 Å². The molecule has 2 N–H and O–H groups in total. The van der Waals surface area contributed by atoms with Gasteiger partial charge >= 0.3 is 0 Å². The van der Waals surface area contributed by atoms with Crippen LogP contribution < -0.4 is 14.2 Å². The molecule has 1 unspecified atom stereocenters. The Morgan fingerprint density at radius 1 is 1.00 bits per heavy atom. The lowest BCUT2D eigenvalue weighted by Crippen LogP contribution is -2.05. The van der Waals surface area contributed by atoms with Crippen molar-refractivity contribution in [1.29, 1.82) is 0 Å². The molecule has 5 heteroatoms. The molecular formula is C18H22O5. The summed E-state index contributed by atoms with van der Waals surface area (Å²) in [4.78, 5) is 0. The van der Waals surface area contributed by atoms with Crippen molar-refractivity contribution in [3.05, 3.63) is 53.6 Å². The quantitative estimate of drug-likeness (QED) is 0.733. The summed E-state index contributed by atoms with van der Waals surface area (Å²) in [6.07, 6.45) is 0.459. The Kier molecular flexibility index (Phi) is 6.26. The third-order valence-corrected chi connectivity index (χ3v) is 3.68. The summed E-state index contributed by atoms with van der Waals surface area (Å²) in [5, 5.41) is 19.3. The molecule has 0 aliphatic rings. The maximum absolute atomic E-state index is 10.4. The van der Waals surface area contributed by atoms with Crippen molar-refractivity contribution in [1.82, 2.24) is 0 Å². The number of para-hydroxylation sites is 1. The van der Waals surface area contributed by atoms with Crippen LogP contribution in [0, 0.1) is 0 Å². The summed E-state index contributed by atoms with van der Waals surface area (Å²) in [6.45, 7) is -0.421. The summed E-state index contributed by atoms with van der Waals surface area (Å²) < 4.78 is 15.7. The molecule has 0 saturated heterocycles. The Morgan fingerprint density at radius 2 is 1.78 bits per heavy atom. The molecule has 2 aromatic carbocycles. The Bertz CT molecular complexity index is 627. The third-order valence-electron chi connectivity index (χ3n) is 3.68. The highest BCUT2D eigenvalue weighted by molar-refractivity contribution is 5.41. The van der Waals surface area contributed by atoms with Crippen LogP contribution in [-0.2, 0) is 6.42 Å². The molecule has 0 radical (unpaired) electrons. The second-order valence-electron chi connectivity index (χ2n) is 5.04. The van der Waals surface area contributed by atoms with E-state index in [2.05, 4.69) is 0 Å². The van der Waals surface area contributed by atoms with Gasteiger partial charge in [-0.25, -0.2) is 0 Å². The first-order valence-electron chi connectivity index (χ1n) is 7.41. The van der Waals surface area contributed by atoms with E-state index in [9.17, 15) is 5.11 Å². The largest absolute Gasteiger partial charge is 0.497 e. The first kappa shape index (κ1) is 17.1. The minimum absolute atomic E-state index is 0.421. The monoisotopic (exact) mass is 318 g/mol. The van der Waals surface area contributed by atoms with Crippen LogP contribution in [0.2, 0.25) is 0 Å². The van der Waals surface area contributed by atoms with Crippen LogP contribution in [0.1, 0.15) is 23.7 Å². The molecule has 0 amide bonds. The molecule has 124 valence electrons. The number of methoxy groups -OCH3 is 2. The van der Waals surface area contributed by atoms with Gasteiger partial charge in [-0.1, -0.05) is 24.3 Å². The minimum atomic E-state index is -0.690. The minimum Gasteiger partial charge on any atom is -0.497 e. The van der Waals surface area contributed by atoms with E-state index >= 15 is 0 Å². The zero-order chi connectivity index (χ0) is 16.7. The number of aryl methyl sites for hydroxylation is 1. The molecule has 23 heavy (non-hydrogen) atoms. The van der Waals surface area contributed by atoms with Gasteiger partial charge in [0, 0.05) is 11.6 Å². The number of aliphatic hydroxyl groups excluding tert-OH is 2. The molecule has 0 saturated carbocycles. The molecule has 0 heterocycles. The van der Waals surface area contributed by atoms with Gasteiger partial charge in [0.2, 0.25) is 0 Å². The van der Waals surface area contributed by atoms with Gasteiger partial charge in [-0.05, 0) is 30.5 Å². The number of aliphatic hydroxyl groups is 2. The van der Waals surface area contributed by atoms with Gasteiger partial charge in [-0.15, -0.1) is 0 Å². The second kappa shape index (κ2) is 8.41. The molecule has 5 nitrogen and oxygen atoms in total. The summed E-state index contributed by atoms with van der Waals surface area (Å²) in [5.74, 6) is 1.95. The fourth-order valence-corrected chi connectivity index (χ4v) is 2.46. The third kappa shape index (κ3) is 4.37. The summed E-state index contributed by atoms with van der Waals surface area (Å²) >= 11 is 0. The Balaban J connectivity index is 2.09. The standard InChI is InChI=1S/C18H22O5/c1-21-14-9-7-13(18(11-14)22-2)8-10-16(20)15-5-3-4-6-17(15)23-12-19/h3-7,9,11,16,19-20H,8,10,12H2,1-2H3. The summed E-state index contributed by atoms with van der Waals surface area (Å²) in [6, 6.07) is 12.8. The molecule has 0 spiro atoms. The van der Waals surface area contributed by atoms with Gasteiger partial charge in [-0.3, -0.25) is 0 Å².